The number of hydrogen-bond donors (Lipinski definition) is 2. The average molecular weight is 812 g/mol. The highest BCUT2D eigenvalue weighted by atomic mass is 16.6. The molecule has 15 heteroatoms. The first-order valence-electron chi connectivity index (χ1n) is 20.6. The Kier molecular flexibility index (Phi) is 15.2. The van der Waals surface area contributed by atoms with Gasteiger partial charge in [0.15, 0.2) is 0 Å². The number of imidazole rings is 1. The number of amides is 2. The highest BCUT2D eigenvalue weighted by molar-refractivity contribution is 6.03. The van der Waals surface area contributed by atoms with Crippen LogP contribution in [0.2, 0.25) is 0 Å². The summed E-state index contributed by atoms with van der Waals surface area (Å²) in [5.41, 5.74) is 6.61. The highest BCUT2D eigenvalue weighted by Crippen LogP contribution is 2.30. The van der Waals surface area contributed by atoms with Crippen LogP contribution in [0.4, 0.5) is 16.4 Å². The summed E-state index contributed by atoms with van der Waals surface area (Å²) in [6, 6.07) is 15.8. The Bertz CT molecular complexity index is 2200. The largest absolute Gasteiger partial charge is 0.497 e. The number of alkyl carbamates (subject to hydrolysis) is 1. The van der Waals surface area contributed by atoms with Gasteiger partial charge >= 0.3 is 12.1 Å². The number of fused-ring (bicyclic) bond motifs is 1. The van der Waals surface area contributed by atoms with Gasteiger partial charge in [-0.3, -0.25) is 19.5 Å². The van der Waals surface area contributed by atoms with Crippen molar-refractivity contribution in [1.29, 1.82) is 0 Å². The number of benzene rings is 2. The van der Waals surface area contributed by atoms with E-state index in [0.717, 1.165) is 64.2 Å². The molecule has 3 aromatic heterocycles. The molecule has 0 aliphatic rings. The second-order valence-corrected chi connectivity index (χ2v) is 15.7. The van der Waals surface area contributed by atoms with Crippen molar-refractivity contribution in [3.63, 3.8) is 0 Å². The molecule has 15 nitrogen and oxygen atoms in total. The molecule has 2 aromatic carbocycles. The van der Waals surface area contributed by atoms with Gasteiger partial charge in [-0.2, -0.15) is 10.2 Å². The molecule has 0 unspecified atom stereocenters. The van der Waals surface area contributed by atoms with Crippen LogP contribution in [0.3, 0.4) is 0 Å². The Morgan fingerprint density at radius 1 is 0.898 bits per heavy atom. The van der Waals surface area contributed by atoms with E-state index in [9.17, 15) is 14.4 Å². The third-order valence-corrected chi connectivity index (χ3v) is 9.90. The van der Waals surface area contributed by atoms with Gasteiger partial charge in [0.05, 0.1) is 36.3 Å². The lowest BCUT2D eigenvalue weighted by Crippen LogP contribution is -2.33. The normalized spacial score (nSPS) is 11.5. The molecule has 0 saturated heterocycles. The molecule has 0 saturated carbocycles. The second-order valence-electron chi connectivity index (χ2n) is 15.7. The fourth-order valence-corrected chi connectivity index (χ4v) is 7.13. The van der Waals surface area contributed by atoms with Crippen LogP contribution in [-0.4, -0.2) is 80.0 Å². The van der Waals surface area contributed by atoms with Gasteiger partial charge in [-0.1, -0.05) is 24.6 Å². The SMILES string of the molecule is CCOC(=O)c1c(CCCCCn2nc(C)cc2C(=O)Nc2nc3c(N(C)Cc4ccc(OC)cc4)cccc3n2CCCCNC(=O)OC(C)(C)C)c(C)nn1CC. The van der Waals surface area contributed by atoms with E-state index < -0.39 is 11.7 Å². The van der Waals surface area contributed by atoms with Crippen LogP contribution >= 0.6 is 0 Å². The summed E-state index contributed by atoms with van der Waals surface area (Å²) >= 11 is 0. The van der Waals surface area contributed by atoms with Gasteiger partial charge in [-0.25, -0.2) is 14.6 Å². The fourth-order valence-electron chi connectivity index (χ4n) is 7.13. The number of rotatable bonds is 20. The maximum atomic E-state index is 14.1. The minimum Gasteiger partial charge on any atom is -0.497 e. The van der Waals surface area contributed by atoms with Crippen LogP contribution in [0.5, 0.6) is 5.75 Å². The number of nitrogens with zero attached hydrogens (tertiary/aromatic N) is 7. The van der Waals surface area contributed by atoms with E-state index in [4.69, 9.17) is 19.2 Å². The van der Waals surface area contributed by atoms with Gasteiger partial charge in [-0.15, -0.1) is 0 Å². The minimum atomic E-state index is -0.574. The Labute approximate surface area is 347 Å². The van der Waals surface area contributed by atoms with E-state index in [-0.39, 0.29) is 11.9 Å². The molecule has 3 heterocycles. The predicted octanol–water partition coefficient (Wildman–Crippen LogP) is 7.86. The van der Waals surface area contributed by atoms with Gasteiger partial charge in [0, 0.05) is 45.3 Å². The molecular weight excluding hydrogens is 751 g/mol. The third-order valence-electron chi connectivity index (χ3n) is 9.90. The molecule has 5 aromatic rings. The van der Waals surface area contributed by atoms with Crippen molar-refractivity contribution >= 4 is 40.6 Å². The van der Waals surface area contributed by atoms with Crippen molar-refractivity contribution in [3.8, 4) is 5.75 Å². The quantitative estimate of drug-likeness (QED) is 0.0585. The number of ether oxygens (including phenoxy) is 3. The van der Waals surface area contributed by atoms with Crippen LogP contribution in [-0.2, 0) is 42.1 Å². The average Bonchev–Trinajstić information content (AvgIpc) is 3.85. The van der Waals surface area contributed by atoms with Gasteiger partial charge in [-0.05, 0) is 116 Å². The monoisotopic (exact) mass is 811 g/mol. The molecule has 0 fully saturated rings. The van der Waals surface area contributed by atoms with Crippen molar-refractivity contribution in [3.05, 3.63) is 82.4 Å². The third kappa shape index (κ3) is 11.6. The summed E-state index contributed by atoms with van der Waals surface area (Å²) in [6.07, 6.45) is 4.17. The molecule has 318 valence electrons. The number of methoxy groups -OCH3 is 1. The molecule has 2 amide bonds. The van der Waals surface area contributed by atoms with Gasteiger partial charge < -0.3 is 29.0 Å². The standard InChI is InChI=1S/C44H61N9O6/c1-10-52-39(41(55)58-11-2)34(31(4)49-52)18-13-12-15-27-53-37(28-30(3)48-53)40(54)47-42-46-38-35(50(8)29-32-21-23-33(57-9)24-22-32)19-17-20-36(38)51(42)26-16-14-25-45-43(56)59-44(5,6)7/h17,19-24,28H,10-16,18,25-27,29H2,1-9H3,(H,45,56)(H,46,47,54). The highest BCUT2D eigenvalue weighted by Gasteiger charge is 2.23. The van der Waals surface area contributed by atoms with Crippen LogP contribution in [0.1, 0.15) is 110 Å². The number of hydrogen-bond acceptors (Lipinski definition) is 10. The molecule has 0 atom stereocenters. The van der Waals surface area contributed by atoms with E-state index in [1.54, 1.807) is 29.5 Å². The summed E-state index contributed by atoms with van der Waals surface area (Å²) in [7, 11) is 3.68. The number of unbranched alkanes of at least 4 members (excludes halogenated alkanes) is 3. The topological polar surface area (TPSA) is 160 Å². The van der Waals surface area contributed by atoms with Crippen LogP contribution in [0.25, 0.3) is 11.0 Å². The molecule has 0 radical (unpaired) electrons. The maximum absolute atomic E-state index is 14.1. The summed E-state index contributed by atoms with van der Waals surface area (Å²) in [5, 5.41) is 15.2. The molecule has 59 heavy (non-hydrogen) atoms. The zero-order valence-corrected chi connectivity index (χ0v) is 36.2. The Balaban J connectivity index is 1.30. The van der Waals surface area contributed by atoms with Crippen molar-refractivity contribution in [2.24, 2.45) is 0 Å². The number of nitrogens with one attached hydrogen (secondary N) is 2. The first-order valence-corrected chi connectivity index (χ1v) is 20.6. The molecule has 5 rings (SSSR count). The number of esters is 1. The van der Waals surface area contributed by atoms with Crippen LogP contribution < -0.4 is 20.3 Å². The van der Waals surface area contributed by atoms with E-state index >= 15 is 0 Å². The number of para-hydroxylation sites is 1. The van der Waals surface area contributed by atoms with E-state index in [2.05, 4.69) is 25.7 Å². The molecular formula is C44H61N9O6. The van der Waals surface area contributed by atoms with Crippen molar-refractivity contribution in [1.82, 2.24) is 34.4 Å². The Morgan fingerprint density at radius 2 is 1.64 bits per heavy atom. The molecule has 0 spiro atoms. The zero-order chi connectivity index (χ0) is 42.7. The lowest BCUT2D eigenvalue weighted by atomic mass is 10.0. The molecule has 0 aliphatic carbocycles. The second kappa shape index (κ2) is 20.2. The summed E-state index contributed by atoms with van der Waals surface area (Å²) < 4.78 is 21.6. The van der Waals surface area contributed by atoms with E-state index in [1.807, 2.05) is 95.6 Å². The van der Waals surface area contributed by atoms with Crippen LogP contribution in [0.15, 0.2) is 48.5 Å². The first-order chi connectivity index (χ1) is 28.2. The first kappa shape index (κ1) is 44.2. The van der Waals surface area contributed by atoms with Gasteiger partial charge in [0.25, 0.3) is 5.91 Å². The van der Waals surface area contributed by atoms with Crippen molar-refractivity contribution in [2.45, 2.75) is 119 Å². The smallest absolute Gasteiger partial charge is 0.407 e. The van der Waals surface area contributed by atoms with Gasteiger partial charge in [0.2, 0.25) is 5.95 Å². The lowest BCUT2D eigenvalue weighted by Gasteiger charge is -2.20. The number of carbonyl (C=O) groups is 3. The van der Waals surface area contributed by atoms with Gasteiger partial charge in [0.1, 0.15) is 28.3 Å². The number of aromatic nitrogens is 6. The summed E-state index contributed by atoms with van der Waals surface area (Å²) in [6.45, 7) is 16.2. The number of carbonyl (C=O) groups excluding carboxylic acids is 3. The molecule has 0 aliphatic heterocycles. The zero-order valence-electron chi connectivity index (χ0n) is 36.2. The predicted molar refractivity (Wildman–Crippen MR) is 229 cm³/mol. The fraction of sp³-hybridized carbons (Fsp3) is 0.500. The number of aryl methyl sites for hydroxylation is 5. The van der Waals surface area contributed by atoms with E-state index in [1.165, 1.54) is 0 Å². The Hall–Kier alpha value is -5.86. The minimum absolute atomic E-state index is 0.302. The van der Waals surface area contributed by atoms with E-state index in [0.29, 0.717) is 75.9 Å². The van der Waals surface area contributed by atoms with Crippen molar-refractivity contribution in [2.75, 3.05) is 37.5 Å². The Morgan fingerprint density at radius 3 is 2.34 bits per heavy atom. The molecule has 0 bridgehead atoms. The van der Waals surface area contributed by atoms with Crippen LogP contribution in [0, 0.1) is 13.8 Å². The molecule has 2 N–H and O–H groups in total. The lowest BCUT2D eigenvalue weighted by molar-refractivity contribution is 0.0505. The summed E-state index contributed by atoms with van der Waals surface area (Å²) in [5.74, 6) is 0.589. The number of anilines is 2. The van der Waals surface area contributed by atoms with Crippen molar-refractivity contribution < 1.29 is 28.6 Å². The summed E-state index contributed by atoms with van der Waals surface area (Å²) in [4.78, 5) is 46.3. The maximum Gasteiger partial charge on any atom is 0.407 e.